The van der Waals surface area contributed by atoms with Gasteiger partial charge in [0, 0.05) is 26.7 Å². The summed E-state index contributed by atoms with van der Waals surface area (Å²) in [4.78, 5) is 20.5. The fraction of sp³-hybridized carbons (Fsp3) is 0.667. The van der Waals surface area contributed by atoms with E-state index in [1.807, 2.05) is 0 Å². The standard InChI is InChI=1S/C12H20N4O3S/c1-8(17)7-15(2)11(18)9-10(13)14-12(20-9)16-3-5-19-6-4-16/h8,17H,3-7,13H2,1-2H3. The molecular formula is C12H20N4O3S. The van der Waals surface area contributed by atoms with Crippen molar-refractivity contribution in [3.8, 4) is 0 Å². The molecule has 1 atom stereocenters. The Labute approximate surface area is 121 Å². The molecule has 7 nitrogen and oxygen atoms in total. The second-order valence-electron chi connectivity index (χ2n) is 4.84. The minimum atomic E-state index is -0.572. The molecule has 0 saturated carbocycles. The van der Waals surface area contributed by atoms with Crippen molar-refractivity contribution in [2.24, 2.45) is 0 Å². The zero-order chi connectivity index (χ0) is 14.7. The van der Waals surface area contributed by atoms with Gasteiger partial charge in [0.15, 0.2) is 5.13 Å². The summed E-state index contributed by atoms with van der Waals surface area (Å²) in [6.45, 7) is 4.73. The first-order chi connectivity index (χ1) is 9.49. The third-order valence-corrected chi connectivity index (χ3v) is 4.12. The van der Waals surface area contributed by atoms with Crippen molar-refractivity contribution in [3.63, 3.8) is 0 Å². The van der Waals surface area contributed by atoms with Crippen molar-refractivity contribution in [3.05, 3.63) is 4.88 Å². The normalized spacial score (nSPS) is 17.1. The number of carbonyl (C=O) groups excluding carboxylic acids is 1. The summed E-state index contributed by atoms with van der Waals surface area (Å²) < 4.78 is 5.29. The molecule has 20 heavy (non-hydrogen) atoms. The number of morpholine rings is 1. The molecule has 1 unspecified atom stereocenters. The lowest BCUT2D eigenvalue weighted by Crippen LogP contribution is -2.36. The van der Waals surface area contributed by atoms with Crippen LogP contribution in [0.25, 0.3) is 0 Å². The number of likely N-dealkylation sites (N-methyl/N-ethyl adjacent to an activating group) is 1. The molecule has 0 bridgehead atoms. The number of nitrogens with two attached hydrogens (primary N) is 1. The van der Waals surface area contributed by atoms with Crippen LogP contribution in [0.3, 0.4) is 0 Å². The maximum atomic E-state index is 12.3. The van der Waals surface area contributed by atoms with Crippen LogP contribution in [-0.4, -0.2) is 66.9 Å². The van der Waals surface area contributed by atoms with E-state index in [4.69, 9.17) is 10.5 Å². The lowest BCUT2D eigenvalue weighted by atomic mass is 10.3. The van der Waals surface area contributed by atoms with E-state index in [1.54, 1.807) is 14.0 Å². The maximum absolute atomic E-state index is 12.3. The number of ether oxygens (including phenoxy) is 1. The topological polar surface area (TPSA) is 91.9 Å². The number of rotatable bonds is 4. The number of amides is 1. The van der Waals surface area contributed by atoms with E-state index in [0.717, 1.165) is 18.2 Å². The predicted octanol–water partition coefficient (Wildman–Crippen LogP) is 0.0147. The second-order valence-corrected chi connectivity index (χ2v) is 5.82. The number of nitrogen functional groups attached to an aromatic ring is 1. The molecule has 8 heteroatoms. The summed E-state index contributed by atoms with van der Waals surface area (Å²) in [5.74, 6) is 0.0411. The third kappa shape index (κ3) is 3.38. The highest BCUT2D eigenvalue weighted by molar-refractivity contribution is 7.18. The fourth-order valence-corrected chi connectivity index (χ4v) is 3.05. The zero-order valence-corrected chi connectivity index (χ0v) is 12.5. The van der Waals surface area contributed by atoms with Gasteiger partial charge in [-0.3, -0.25) is 4.79 Å². The van der Waals surface area contributed by atoms with Crippen LogP contribution in [0, 0.1) is 0 Å². The average Bonchev–Trinajstić information content (AvgIpc) is 2.80. The second kappa shape index (κ2) is 6.38. The van der Waals surface area contributed by atoms with E-state index in [1.165, 1.54) is 16.2 Å². The van der Waals surface area contributed by atoms with E-state index in [9.17, 15) is 9.90 Å². The molecule has 2 rings (SSSR count). The Morgan fingerprint density at radius 2 is 2.25 bits per heavy atom. The van der Waals surface area contributed by atoms with Gasteiger partial charge in [0.2, 0.25) is 0 Å². The highest BCUT2D eigenvalue weighted by Gasteiger charge is 2.23. The van der Waals surface area contributed by atoms with Crippen molar-refractivity contribution in [2.75, 3.05) is 50.5 Å². The summed E-state index contributed by atoms with van der Waals surface area (Å²) in [5.41, 5.74) is 5.85. The van der Waals surface area contributed by atoms with Crippen molar-refractivity contribution in [1.29, 1.82) is 0 Å². The van der Waals surface area contributed by atoms with E-state index >= 15 is 0 Å². The van der Waals surface area contributed by atoms with E-state index in [-0.39, 0.29) is 18.3 Å². The van der Waals surface area contributed by atoms with Crippen LogP contribution in [-0.2, 0) is 4.74 Å². The molecule has 3 N–H and O–H groups in total. The number of carbonyl (C=O) groups is 1. The van der Waals surface area contributed by atoms with Crippen LogP contribution in [0.5, 0.6) is 0 Å². The first kappa shape index (κ1) is 15.0. The van der Waals surface area contributed by atoms with E-state index < -0.39 is 6.10 Å². The van der Waals surface area contributed by atoms with Crippen LogP contribution in [0.2, 0.25) is 0 Å². The van der Waals surface area contributed by atoms with Gasteiger partial charge in [-0.1, -0.05) is 11.3 Å². The van der Waals surface area contributed by atoms with Crippen LogP contribution in [0.15, 0.2) is 0 Å². The van der Waals surface area contributed by atoms with Gasteiger partial charge in [-0.15, -0.1) is 0 Å². The zero-order valence-electron chi connectivity index (χ0n) is 11.7. The number of aromatic nitrogens is 1. The molecule has 1 aromatic heterocycles. The minimum absolute atomic E-state index is 0.208. The third-order valence-electron chi connectivity index (χ3n) is 3.00. The van der Waals surface area contributed by atoms with E-state index in [2.05, 4.69) is 9.88 Å². The number of hydrogen-bond acceptors (Lipinski definition) is 7. The Bertz CT molecular complexity index is 471. The predicted molar refractivity (Wildman–Crippen MR) is 78.2 cm³/mol. The molecule has 0 aliphatic carbocycles. The highest BCUT2D eigenvalue weighted by Crippen LogP contribution is 2.29. The summed E-state index contributed by atoms with van der Waals surface area (Å²) in [6, 6.07) is 0. The average molecular weight is 300 g/mol. The Balaban J connectivity index is 2.12. The number of hydrogen-bond donors (Lipinski definition) is 2. The Hall–Kier alpha value is -1.38. The molecular weight excluding hydrogens is 280 g/mol. The molecule has 0 spiro atoms. The Morgan fingerprint density at radius 3 is 2.85 bits per heavy atom. The van der Waals surface area contributed by atoms with Crippen molar-refractivity contribution < 1.29 is 14.6 Å². The Morgan fingerprint density at radius 1 is 1.60 bits per heavy atom. The number of aliphatic hydroxyl groups excluding tert-OH is 1. The maximum Gasteiger partial charge on any atom is 0.267 e. The number of nitrogens with zero attached hydrogens (tertiary/aromatic N) is 3. The highest BCUT2D eigenvalue weighted by atomic mass is 32.1. The van der Waals surface area contributed by atoms with Crippen LogP contribution >= 0.6 is 11.3 Å². The fourth-order valence-electron chi connectivity index (χ4n) is 2.02. The monoisotopic (exact) mass is 300 g/mol. The van der Waals surface area contributed by atoms with Crippen LogP contribution < -0.4 is 10.6 Å². The van der Waals surface area contributed by atoms with Gasteiger partial charge in [0.25, 0.3) is 5.91 Å². The molecule has 112 valence electrons. The molecule has 0 aromatic carbocycles. The number of thiazole rings is 1. The van der Waals surface area contributed by atoms with Gasteiger partial charge in [-0.25, -0.2) is 4.98 Å². The Kier molecular flexibility index (Phi) is 4.79. The van der Waals surface area contributed by atoms with Gasteiger partial charge in [0.1, 0.15) is 10.7 Å². The van der Waals surface area contributed by atoms with Gasteiger partial charge in [-0.05, 0) is 6.92 Å². The first-order valence-corrected chi connectivity index (χ1v) is 7.33. The number of anilines is 2. The molecule has 1 aliphatic heterocycles. The van der Waals surface area contributed by atoms with Gasteiger partial charge in [0.05, 0.1) is 19.3 Å². The van der Waals surface area contributed by atoms with Crippen LogP contribution in [0.1, 0.15) is 16.6 Å². The van der Waals surface area contributed by atoms with E-state index in [0.29, 0.717) is 18.1 Å². The lowest BCUT2D eigenvalue weighted by Gasteiger charge is -2.25. The van der Waals surface area contributed by atoms with Gasteiger partial charge in [-0.2, -0.15) is 0 Å². The molecule has 1 amide bonds. The summed E-state index contributed by atoms with van der Waals surface area (Å²) in [7, 11) is 1.64. The van der Waals surface area contributed by atoms with Crippen LogP contribution in [0.4, 0.5) is 10.9 Å². The first-order valence-electron chi connectivity index (χ1n) is 6.51. The minimum Gasteiger partial charge on any atom is -0.392 e. The molecule has 0 radical (unpaired) electrons. The molecule has 1 saturated heterocycles. The van der Waals surface area contributed by atoms with Crippen molar-refractivity contribution >= 4 is 28.2 Å². The summed E-state index contributed by atoms with van der Waals surface area (Å²) in [5, 5.41) is 10.1. The molecule has 2 heterocycles. The lowest BCUT2D eigenvalue weighted by molar-refractivity contribution is 0.0709. The SMILES string of the molecule is CC(O)CN(C)C(=O)c1sc(N2CCOCC2)nc1N. The van der Waals surface area contributed by atoms with Gasteiger partial charge < -0.3 is 25.4 Å². The molecule has 1 aromatic rings. The summed E-state index contributed by atoms with van der Waals surface area (Å²) >= 11 is 1.29. The van der Waals surface area contributed by atoms with Crippen molar-refractivity contribution in [2.45, 2.75) is 13.0 Å². The number of aliphatic hydroxyl groups is 1. The van der Waals surface area contributed by atoms with Gasteiger partial charge >= 0.3 is 0 Å². The smallest absolute Gasteiger partial charge is 0.267 e. The summed E-state index contributed by atoms with van der Waals surface area (Å²) in [6.07, 6.45) is -0.572. The van der Waals surface area contributed by atoms with Crippen molar-refractivity contribution in [1.82, 2.24) is 9.88 Å². The largest absolute Gasteiger partial charge is 0.392 e. The quantitative estimate of drug-likeness (QED) is 0.814. The molecule has 1 fully saturated rings. The molecule has 1 aliphatic rings.